The minimum Gasteiger partial charge on any atom is -0.460 e. The van der Waals surface area contributed by atoms with Crippen molar-refractivity contribution in [3.8, 4) is 5.75 Å². The number of ether oxygens (including phenoxy) is 4. The van der Waals surface area contributed by atoms with Crippen LogP contribution in [0.15, 0.2) is 35.8 Å². The van der Waals surface area contributed by atoms with E-state index < -0.39 is 59.2 Å². The molecule has 4 N–H and O–H groups in total. The number of nitrogens with zero attached hydrogens (tertiary/aromatic N) is 6. The summed E-state index contributed by atoms with van der Waals surface area (Å²) >= 11 is 0. The van der Waals surface area contributed by atoms with Gasteiger partial charge in [0.15, 0.2) is 11.4 Å². The standard InChI is InChI=1S/C31H41N9O9/c1-29(2,3)47-22(42)13-19(25(44)48-30(4,5)6)37-21(41)12-18-10-11-20(23-35-16-36-40(18)23)46-24(43)17-14-33-27(34-15-17)38-26(32)39-28(45)49-31(7,8)9/h10-11,14-16,19H,12-13H2,1-9H3,(H,37,41)(H3,32,33,34,38,39,45). The van der Waals surface area contributed by atoms with Gasteiger partial charge >= 0.3 is 24.0 Å². The number of esters is 3. The van der Waals surface area contributed by atoms with Gasteiger partial charge in [0.25, 0.3) is 5.95 Å². The van der Waals surface area contributed by atoms with Gasteiger partial charge in [0.2, 0.25) is 11.9 Å². The average molecular weight is 684 g/mol. The van der Waals surface area contributed by atoms with Gasteiger partial charge < -0.3 is 30.0 Å². The van der Waals surface area contributed by atoms with Crippen LogP contribution >= 0.6 is 0 Å². The zero-order chi connectivity index (χ0) is 36.7. The van der Waals surface area contributed by atoms with Gasteiger partial charge in [0.05, 0.1) is 24.1 Å². The van der Waals surface area contributed by atoms with Gasteiger partial charge in [-0.1, -0.05) is 0 Å². The Hall–Kier alpha value is -5.68. The van der Waals surface area contributed by atoms with Gasteiger partial charge in [0, 0.05) is 12.4 Å². The number of amides is 2. The van der Waals surface area contributed by atoms with Crippen LogP contribution in [0.3, 0.4) is 0 Å². The van der Waals surface area contributed by atoms with Crippen molar-refractivity contribution < 1.29 is 42.9 Å². The molecule has 0 saturated heterocycles. The van der Waals surface area contributed by atoms with E-state index >= 15 is 0 Å². The number of carbonyl (C=O) groups excluding carboxylic acids is 5. The molecule has 264 valence electrons. The van der Waals surface area contributed by atoms with Crippen LogP contribution in [0.4, 0.5) is 10.7 Å². The van der Waals surface area contributed by atoms with Crippen LogP contribution in [0, 0.1) is 0 Å². The van der Waals surface area contributed by atoms with Gasteiger partial charge in [-0.05, 0) is 74.4 Å². The minimum atomic E-state index is -1.31. The Bertz CT molecular complexity index is 1730. The Morgan fingerprint density at radius 3 is 2.08 bits per heavy atom. The lowest BCUT2D eigenvalue weighted by molar-refractivity contribution is -0.165. The molecular weight excluding hydrogens is 642 g/mol. The lowest BCUT2D eigenvalue weighted by Gasteiger charge is -2.25. The second-order valence-electron chi connectivity index (χ2n) is 13.6. The normalized spacial score (nSPS) is 12.9. The van der Waals surface area contributed by atoms with Crippen LogP contribution in [0.25, 0.3) is 5.65 Å². The molecule has 1 unspecified atom stereocenters. The van der Waals surface area contributed by atoms with E-state index in [1.165, 1.54) is 23.0 Å². The fourth-order valence-corrected chi connectivity index (χ4v) is 3.86. The predicted octanol–water partition coefficient (Wildman–Crippen LogP) is 2.31. The first-order chi connectivity index (χ1) is 22.6. The SMILES string of the molecule is CC(C)(C)OC(=O)CC(NC(=O)Cc1ccc(OC(=O)c2cnc(/N=C(/N)NC(=O)OC(C)(C)C)nc2)c2ncnn12)C(=O)OC(C)(C)C. The maximum atomic E-state index is 13.1. The molecule has 18 heteroatoms. The summed E-state index contributed by atoms with van der Waals surface area (Å²) in [7, 11) is 0. The third-order valence-corrected chi connectivity index (χ3v) is 5.55. The lowest BCUT2D eigenvalue weighted by atomic mass is 10.1. The van der Waals surface area contributed by atoms with Crippen LogP contribution in [0.1, 0.15) is 84.8 Å². The number of carbonyl (C=O) groups is 5. The number of nitrogens with two attached hydrogens (primary N) is 1. The summed E-state index contributed by atoms with van der Waals surface area (Å²) < 4.78 is 22.6. The van der Waals surface area contributed by atoms with E-state index in [-0.39, 0.29) is 35.3 Å². The molecule has 3 aromatic rings. The van der Waals surface area contributed by atoms with Crippen LogP contribution in [-0.2, 0) is 35.0 Å². The maximum absolute atomic E-state index is 13.1. The number of hydrogen-bond donors (Lipinski definition) is 3. The number of hydrogen-bond acceptors (Lipinski definition) is 14. The van der Waals surface area contributed by atoms with Crippen LogP contribution in [-0.4, -0.2) is 83.3 Å². The highest BCUT2D eigenvalue weighted by molar-refractivity contribution is 5.94. The number of aromatic nitrogens is 5. The van der Waals surface area contributed by atoms with Gasteiger partial charge in [-0.25, -0.2) is 33.9 Å². The molecule has 0 aliphatic rings. The van der Waals surface area contributed by atoms with Crippen molar-refractivity contribution in [3.63, 3.8) is 0 Å². The number of alkyl carbamates (subject to hydrolysis) is 1. The van der Waals surface area contributed by atoms with Crippen molar-refractivity contribution >= 4 is 47.5 Å². The van der Waals surface area contributed by atoms with Crippen molar-refractivity contribution in [3.05, 3.63) is 42.1 Å². The molecule has 0 aromatic carbocycles. The van der Waals surface area contributed by atoms with E-state index in [0.717, 1.165) is 12.4 Å². The molecule has 0 fully saturated rings. The van der Waals surface area contributed by atoms with E-state index in [2.05, 4.69) is 35.7 Å². The quantitative estimate of drug-likeness (QED) is 0.127. The zero-order valence-electron chi connectivity index (χ0n) is 28.8. The third-order valence-electron chi connectivity index (χ3n) is 5.55. The Kier molecular flexibility index (Phi) is 11.6. The van der Waals surface area contributed by atoms with E-state index in [4.69, 9.17) is 24.7 Å². The molecule has 3 rings (SSSR count). The van der Waals surface area contributed by atoms with Gasteiger partial charge in [-0.15, -0.1) is 0 Å². The summed E-state index contributed by atoms with van der Waals surface area (Å²) in [6, 6.07) is 1.58. The summed E-state index contributed by atoms with van der Waals surface area (Å²) in [5, 5.41) is 8.90. The van der Waals surface area contributed by atoms with Crippen LogP contribution in [0.2, 0.25) is 0 Å². The number of aliphatic imine (C=N–C) groups is 1. The highest BCUT2D eigenvalue weighted by Crippen LogP contribution is 2.21. The first kappa shape index (κ1) is 37.8. The van der Waals surface area contributed by atoms with Crippen molar-refractivity contribution in [2.24, 2.45) is 10.7 Å². The number of nitrogens with one attached hydrogen (secondary N) is 2. The number of rotatable bonds is 9. The molecule has 0 saturated carbocycles. The van der Waals surface area contributed by atoms with Gasteiger partial charge in [-0.2, -0.15) is 10.1 Å². The fraction of sp³-hybridized carbons (Fsp3) is 0.484. The molecule has 0 aliphatic heterocycles. The first-order valence-corrected chi connectivity index (χ1v) is 15.0. The Balaban J connectivity index is 1.70. The van der Waals surface area contributed by atoms with Crippen LogP contribution in [0.5, 0.6) is 5.75 Å². The molecule has 3 heterocycles. The first-order valence-electron chi connectivity index (χ1n) is 15.0. The van der Waals surface area contributed by atoms with Crippen molar-refractivity contribution in [2.75, 3.05) is 0 Å². The Morgan fingerprint density at radius 2 is 1.49 bits per heavy atom. The number of guanidine groups is 1. The minimum absolute atomic E-state index is 0.0103. The van der Waals surface area contributed by atoms with E-state index in [1.54, 1.807) is 62.3 Å². The van der Waals surface area contributed by atoms with E-state index in [9.17, 15) is 24.0 Å². The van der Waals surface area contributed by atoms with Crippen molar-refractivity contribution in [1.82, 2.24) is 35.2 Å². The molecule has 1 atom stereocenters. The maximum Gasteiger partial charge on any atom is 0.414 e. The highest BCUT2D eigenvalue weighted by Gasteiger charge is 2.31. The monoisotopic (exact) mass is 683 g/mol. The number of pyridine rings is 1. The van der Waals surface area contributed by atoms with Gasteiger partial charge in [0.1, 0.15) is 29.2 Å². The molecule has 49 heavy (non-hydrogen) atoms. The molecule has 18 nitrogen and oxygen atoms in total. The van der Waals surface area contributed by atoms with Crippen molar-refractivity contribution in [2.45, 2.75) is 98.0 Å². The molecule has 0 aliphatic carbocycles. The van der Waals surface area contributed by atoms with E-state index in [1.807, 2.05) is 0 Å². The highest BCUT2D eigenvalue weighted by atomic mass is 16.6. The molecule has 2 amide bonds. The topological polar surface area (TPSA) is 241 Å². The Morgan fingerprint density at radius 1 is 0.878 bits per heavy atom. The summed E-state index contributed by atoms with van der Waals surface area (Å²) in [6.45, 7) is 15.1. The molecule has 3 aromatic heterocycles. The second-order valence-corrected chi connectivity index (χ2v) is 13.6. The van der Waals surface area contributed by atoms with E-state index in [0.29, 0.717) is 5.69 Å². The predicted molar refractivity (Wildman–Crippen MR) is 173 cm³/mol. The summed E-state index contributed by atoms with van der Waals surface area (Å²) in [5.41, 5.74) is 3.67. The largest absolute Gasteiger partial charge is 0.460 e. The smallest absolute Gasteiger partial charge is 0.414 e. The molecule has 0 bridgehead atoms. The zero-order valence-corrected chi connectivity index (χ0v) is 28.8. The Labute approximate surface area is 282 Å². The molecule has 0 radical (unpaired) electrons. The third kappa shape index (κ3) is 12.5. The van der Waals surface area contributed by atoms with Crippen LogP contribution < -0.4 is 21.1 Å². The number of fused-ring (bicyclic) bond motifs is 1. The fourth-order valence-electron chi connectivity index (χ4n) is 3.86. The average Bonchev–Trinajstić information content (AvgIpc) is 3.42. The lowest BCUT2D eigenvalue weighted by Crippen LogP contribution is -2.46. The summed E-state index contributed by atoms with van der Waals surface area (Å²) in [5.74, 6) is -3.42. The molecular formula is C31H41N9O9. The summed E-state index contributed by atoms with van der Waals surface area (Å²) in [6.07, 6.45) is 1.94. The van der Waals surface area contributed by atoms with Crippen molar-refractivity contribution in [1.29, 1.82) is 0 Å². The molecule has 0 spiro atoms. The second kappa shape index (κ2) is 15.0. The van der Waals surface area contributed by atoms with Gasteiger partial charge in [-0.3, -0.25) is 14.9 Å². The summed E-state index contributed by atoms with van der Waals surface area (Å²) in [4.78, 5) is 79.1.